The number of carbonyl (C=O) groups is 1. The van der Waals surface area contributed by atoms with Gasteiger partial charge in [-0.05, 0) is 55.8 Å². The highest BCUT2D eigenvalue weighted by atomic mass is 35.5. The van der Waals surface area contributed by atoms with Crippen LogP contribution < -0.4 is 5.32 Å². The molecule has 150 valence electrons. The number of amides is 1. The van der Waals surface area contributed by atoms with Gasteiger partial charge >= 0.3 is 0 Å². The van der Waals surface area contributed by atoms with E-state index in [0.717, 1.165) is 5.56 Å². The number of nitrogens with zero attached hydrogens (tertiary/aromatic N) is 1. The van der Waals surface area contributed by atoms with E-state index in [9.17, 15) is 13.2 Å². The highest BCUT2D eigenvalue weighted by Crippen LogP contribution is 2.21. The summed E-state index contributed by atoms with van der Waals surface area (Å²) >= 11 is 5.94. The van der Waals surface area contributed by atoms with Gasteiger partial charge in [-0.1, -0.05) is 23.7 Å². The highest BCUT2D eigenvalue weighted by Gasteiger charge is 2.32. The first kappa shape index (κ1) is 20.8. The van der Waals surface area contributed by atoms with Gasteiger partial charge in [-0.3, -0.25) is 4.79 Å². The van der Waals surface area contributed by atoms with Gasteiger partial charge in [0.15, 0.2) is 0 Å². The summed E-state index contributed by atoms with van der Waals surface area (Å²) in [5.74, 6) is -0.280. The van der Waals surface area contributed by atoms with E-state index < -0.39 is 10.0 Å². The summed E-state index contributed by atoms with van der Waals surface area (Å²) in [6, 6.07) is 13.2. The molecule has 0 aromatic heterocycles. The molecular weight excluding hydrogens is 400 g/mol. The van der Waals surface area contributed by atoms with Gasteiger partial charge in [0.25, 0.3) is 5.91 Å². The molecule has 1 aliphatic rings. The molecule has 0 radical (unpaired) electrons. The third kappa shape index (κ3) is 4.91. The second kappa shape index (κ2) is 8.61. The molecule has 1 fully saturated rings. The summed E-state index contributed by atoms with van der Waals surface area (Å²) in [4.78, 5) is 12.5. The summed E-state index contributed by atoms with van der Waals surface area (Å²) in [5, 5.41) is 3.41. The van der Waals surface area contributed by atoms with Crippen LogP contribution in [-0.2, 0) is 21.3 Å². The molecule has 0 bridgehead atoms. The van der Waals surface area contributed by atoms with Crippen LogP contribution in [0.3, 0.4) is 0 Å². The third-order valence-corrected chi connectivity index (χ3v) is 6.56. The number of rotatable bonds is 5. The Morgan fingerprint density at radius 2 is 1.79 bits per heavy atom. The molecule has 1 aliphatic heterocycles. The van der Waals surface area contributed by atoms with E-state index in [1.54, 1.807) is 12.1 Å². The van der Waals surface area contributed by atoms with Crippen molar-refractivity contribution in [3.63, 3.8) is 0 Å². The van der Waals surface area contributed by atoms with Gasteiger partial charge in [0.2, 0.25) is 10.0 Å². The van der Waals surface area contributed by atoms with Crippen molar-refractivity contribution in [2.75, 3.05) is 13.1 Å². The number of nitrogens with one attached hydrogen (secondary N) is 1. The van der Waals surface area contributed by atoms with E-state index in [1.165, 1.54) is 28.6 Å². The smallest absolute Gasteiger partial charge is 0.251 e. The maximum Gasteiger partial charge on any atom is 0.251 e. The summed E-state index contributed by atoms with van der Waals surface area (Å²) in [6.07, 6.45) is -0.315. The Hall–Kier alpha value is -1.93. The molecule has 3 rings (SSSR count). The van der Waals surface area contributed by atoms with Crippen molar-refractivity contribution in [1.82, 2.24) is 9.62 Å². The molecule has 2 atom stereocenters. The molecule has 1 saturated heterocycles. The Balaban J connectivity index is 1.67. The zero-order chi connectivity index (χ0) is 20.3. The fourth-order valence-corrected chi connectivity index (χ4v) is 4.99. The van der Waals surface area contributed by atoms with Crippen LogP contribution in [0.5, 0.6) is 0 Å². The van der Waals surface area contributed by atoms with Gasteiger partial charge in [-0.2, -0.15) is 4.31 Å². The number of hydrogen-bond acceptors (Lipinski definition) is 4. The number of ether oxygens (including phenoxy) is 1. The first-order chi connectivity index (χ1) is 13.3. The van der Waals surface area contributed by atoms with Crippen molar-refractivity contribution >= 4 is 27.5 Å². The number of benzene rings is 2. The minimum Gasteiger partial charge on any atom is -0.373 e. The predicted octanol–water partition coefficient (Wildman–Crippen LogP) is 3.07. The largest absolute Gasteiger partial charge is 0.373 e. The zero-order valence-corrected chi connectivity index (χ0v) is 17.3. The van der Waals surface area contributed by atoms with E-state index in [0.29, 0.717) is 30.2 Å². The molecule has 0 spiro atoms. The number of morpholine rings is 1. The van der Waals surface area contributed by atoms with Gasteiger partial charge in [0, 0.05) is 30.2 Å². The summed E-state index contributed by atoms with van der Waals surface area (Å²) < 4.78 is 32.8. The normalized spacial score (nSPS) is 20.7. The lowest BCUT2D eigenvalue weighted by atomic mass is 10.2. The quantitative estimate of drug-likeness (QED) is 0.803. The lowest BCUT2D eigenvalue weighted by molar-refractivity contribution is -0.0440. The summed E-state index contributed by atoms with van der Waals surface area (Å²) in [7, 11) is -3.62. The van der Waals surface area contributed by atoms with Crippen molar-refractivity contribution in [1.29, 1.82) is 0 Å². The van der Waals surface area contributed by atoms with E-state index in [4.69, 9.17) is 16.3 Å². The fraction of sp³-hybridized carbons (Fsp3) is 0.350. The van der Waals surface area contributed by atoms with Gasteiger partial charge in [-0.25, -0.2) is 8.42 Å². The van der Waals surface area contributed by atoms with Gasteiger partial charge in [-0.15, -0.1) is 0 Å². The maximum atomic E-state index is 12.9. The Morgan fingerprint density at radius 3 is 2.39 bits per heavy atom. The highest BCUT2D eigenvalue weighted by molar-refractivity contribution is 7.89. The summed E-state index contributed by atoms with van der Waals surface area (Å²) in [6.45, 7) is 4.67. The average molecular weight is 423 g/mol. The van der Waals surface area contributed by atoms with E-state index in [2.05, 4.69) is 5.32 Å². The molecule has 28 heavy (non-hydrogen) atoms. The number of carbonyl (C=O) groups excluding carboxylic acids is 1. The summed E-state index contributed by atoms with van der Waals surface area (Å²) in [5.41, 5.74) is 1.28. The van der Waals surface area contributed by atoms with Crippen LogP contribution in [0.4, 0.5) is 0 Å². The van der Waals surface area contributed by atoms with Gasteiger partial charge in [0.05, 0.1) is 17.1 Å². The van der Waals surface area contributed by atoms with Crippen molar-refractivity contribution in [3.05, 3.63) is 64.7 Å². The first-order valence-corrected chi connectivity index (χ1v) is 10.9. The second-order valence-corrected chi connectivity index (χ2v) is 9.29. The van der Waals surface area contributed by atoms with Gasteiger partial charge in [0.1, 0.15) is 0 Å². The molecule has 2 aromatic rings. The van der Waals surface area contributed by atoms with Crippen LogP contribution >= 0.6 is 11.6 Å². The first-order valence-electron chi connectivity index (χ1n) is 9.04. The monoisotopic (exact) mass is 422 g/mol. The van der Waals surface area contributed by atoms with Crippen LogP contribution in [0.1, 0.15) is 29.8 Å². The van der Waals surface area contributed by atoms with Crippen LogP contribution in [0.15, 0.2) is 53.4 Å². The molecule has 1 heterocycles. The molecule has 6 nitrogen and oxygen atoms in total. The zero-order valence-electron chi connectivity index (χ0n) is 15.8. The molecule has 0 unspecified atom stereocenters. The van der Waals surface area contributed by atoms with Gasteiger partial charge < -0.3 is 10.1 Å². The number of sulfonamides is 1. The van der Waals surface area contributed by atoms with Crippen LogP contribution in [0, 0.1) is 0 Å². The van der Waals surface area contributed by atoms with E-state index in [1.807, 2.05) is 26.0 Å². The third-order valence-electron chi connectivity index (χ3n) is 4.48. The van der Waals surface area contributed by atoms with E-state index in [-0.39, 0.29) is 23.0 Å². The number of halogens is 1. The van der Waals surface area contributed by atoms with Crippen molar-refractivity contribution in [2.24, 2.45) is 0 Å². The molecule has 1 N–H and O–H groups in total. The SMILES string of the molecule is C[C@@H]1CN(S(=O)(=O)c2ccc(C(=O)NCc3cccc(Cl)c3)cc2)C[C@H](C)O1. The molecular formula is C20H23ClN2O4S. The number of hydrogen-bond donors (Lipinski definition) is 1. The van der Waals surface area contributed by atoms with Crippen LogP contribution in [-0.4, -0.2) is 43.9 Å². The van der Waals surface area contributed by atoms with Crippen molar-refractivity contribution < 1.29 is 17.9 Å². The minimum atomic E-state index is -3.62. The van der Waals surface area contributed by atoms with E-state index >= 15 is 0 Å². The van der Waals surface area contributed by atoms with Crippen molar-refractivity contribution in [2.45, 2.75) is 37.5 Å². The maximum absolute atomic E-state index is 12.9. The molecule has 0 aliphatic carbocycles. The van der Waals surface area contributed by atoms with Crippen LogP contribution in [0.25, 0.3) is 0 Å². The topological polar surface area (TPSA) is 75.7 Å². The second-order valence-electron chi connectivity index (χ2n) is 6.92. The van der Waals surface area contributed by atoms with Crippen molar-refractivity contribution in [3.8, 4) is 0 Å². The minimum absolute atomic E-state index is 0.157. The standard InChI is InChI=1S/C20H23ClN2O4S/c1-14-12-23(13-15(2)27-14)28(25,26)19-8-6-17(7-9-19)20(24)22-11-16-4-3-5-18(21)10-16/h3-10,14-15H,11-13H2,1-2H3,(H,22,24)/t14-,15+. The predicted molar refractivity (Wildman–Crippen MR) is 108 cm³/mol. The Kier molecular flexibility index (Phi) is 6.40. The Labute approximate surface area is 170 Å². The molecule has 1 amide bonds. The Morgan fingerprint density at radius 1 is 1.14 bits per heavy atom. The fourth-order valence-electron chi connectivity index (χ4n) is 3.19. The average Bonchev–Trinajstić information content (AvgIpc) is 2.65. The molecule has 2 aromatic carbocycles. The lowest BCUT2D eigenvalue weighted by Gasteiger charge is -2.34. The van der Waals surface area contributed by atoms with Crippen LogP contribution in [0.2, 0.25) is 5.02 Å². The lowest BCUT2D eigenvalue weighted by Crippen LogP contribution is -2.48. The Bertz CT molecular complexity index is 937. The molecule has 0 saturated carbocycles. The molecule has 8 heteroatoms.